The van der Waals surface area contributed by atoms with Gasteiger partial charge in [-0.2, -0.15) is 31.3 Å². The number of aromatic nitrogens is 1. The van der Waals surface area contributed by atoms with E-state index in [4.69, 9.17) is 9.47 Å². The Morgan fingerprint density at radius 2 is 1.37 bits per heavy atom. The fraction of sp³-hybridized carbons (Fsp3) is 0.118. The molecule has 0 unspecified atom stereocenters. The van der Waals surface area contributed by atoms with Crippen LogP contribution in [0.5, 0.6) is 23.3 Å². The molecule has 3 rings (SSSR count). The molecule has 3 nitrogen and oxygen atoms in total. The highest BCUT2D eigenvalue weighted by atomic mass is 32.1. The third-order valence-corrected chi connectivity index (χ3v) is 4.11. The Bertz CT molecular complexity index is 935. The average Bonchev–Trinajstić information content (AvgIpc) is 3.03. The Labute approximate surface area is 152 Å². The third-order valence-electron chi connectivity index (χ3n) is 3.16. The molecule has 2 aromatic heterocycles. The molecule has 1 aromatic carbocycles. The van der Waals surface area contributed by atoms with E-state index in [1.54, 1.807) is 0 Å². The van der Waals surface area contributed by atoms with Crippen LogP contribution in [-0.2, 0) is 12.4 Å². The summed E-state index contributed by atoms with van der Waals surface area (Å²) in [5, 5.41) is 1.17. The molecule has 2 heterocycles. The smallest absolute Gasteiger partial charge is 0.425 e. The first-order valence-corrected chi connectivity index (χ1v) is 8.15. The van der Waals surface area contributed by atoms with Crippen LogP contribution in [0.2, 0.25) is 0 Å². The van der Waals surface area contributed by atoms with Gasteiger partial charge in [0, 0.05) is 23.6 Å². The van der Waals surface area contributed by atoms with Gasteiger partial charge in [0.1, 0.15) is 16.4 Å². The maximum Gasteiger partial charge on any atom is 0.425 e. The largest absolute Gasteiger partial charge is 0.439 e. The predicted octanol–water partition coefficient (Wildman–Crippen LogP) is 6.77. The van der Waals surface area contributed by atoms with E-state index in [1.165, 1.54) is 35.7 Å². The van der Waals surface area contributed by atoms with Crippen molar-refractivity contribution in [3.05, 3.63) is 64.4 Å². The van der Waals surface area contributed by atoms with Crippen LogP contribution >= 0.6 is 11.3 Å². The van der Waals surface area contributed by atoms with Crippen LogP contribution < -0.4 is 9.47 Å². The van der Waals surface area contributed by atoms with Crippen molar-refractivity contribution in [1.29, 1.82) is 0 Å². The predicted molar refractivity (Wildman–Crippen MR) is 85.2 cm³/mol. The van der Waals surface area contributed by atoms with E-state index >= 15 is 0 Å². The summed E-state index contributed by atoms with van der Waals surface area (Å²) in [5.41, 5.74) is -0.884. The summed E-state index contributed by atoms with van der Waals surface area (Å²) in [5.74, 6) is -0.287. The number of nitrogens with zero attached hydrogens (tertiary/aromatic N) is 1. The van der Waals surface area contributed by atoms with Gasteiger partial charge in [-0.1, -0.05) is 12.1 Å². The Hall–Kier alpha value is -2.75. The molecule has 0 atom stereocenters. The minimum absolute atomic E-state index is 0.0592. The third kappa shape index (κ3) is 4.91. The number of hydrogen-bond acceptors (Lipinski definition) is 4. The van der Waals surface area contributed by atoms with Gasteiger partial charge >= 0.3 is 12.4 Å². The van der Waals surface area contributed by atoms with E-state index in [2.05, 4.69) is 4.98 Å². The number of hydrogen-bond donors (Lipinski definition) is 0. The van der Waals surface area contributed by atoms with E-state index in [9.17, 15) is 26.3 Å². The number of ether oxygens (including phenoxy) is 2. The Morgan fingerprint density at radius 1 is 0.741 bits per heavy atom. The molecule has 0 N–H and O–H groups in total. The van der Waals surface area contributed by atoms with Gasteiger partial charge in [0.2, 0.25) is 11.8 Å². The Morgan fingerprint density at radius 3 is 1.96 bits per heavy atom. The normalized spacial score (nSPS) is 12.1. The van der Waals surface area contributed by atoms with E-state index in [1.807, 2.05) is 0 Å². The Kier molecular flexibility index (Phi) is 5.01. The van der Waals surface area contributed by atoms with Crippen LogP contribution in [0.1, 0.15) is 10.4 Å². The van der Waals surface area contributed by atoms with Crippen LogP contribution in [0.4, 0.5) is 26.3 Å². The molecule has 3 aromatic rings. The van der Waals surface area contributed by atoms with Crippen LogP contribution in [0, 0.1) is 0 Å². The summed E-state index contributed by atoms with van der Waals surface area (Å²) in [7, 11) is 0. The zero-order chi connectivity index (χ0) is 19.7. The van der Waals surface area contributed by atoms with Crippen LogP contribution in [0.3, 0.4) is 0 Å². The van der Waals surface area contributed by atoms with Gasteiger partial charge in [0.05, 0.1) is 5.56 Å². The summed E-state index contributed by atoms with van der Waals surface area (Å²) < 4.78 is 86.5. The zero-order valence-electron chi connectivity index (χ0n) is 13.1. The maximum atomic E-state index is 12.7. The first-order valence-electron chi connectivity index (χ1n) is 7.27. The summed E-state index contributed by atoms with van der Waals surface area (Å²) in [6, 6.07) is 9.24. The standard InChI is InChI=1S/C17H9F6NO2S/c18-16(19,20)10-3-1-4-11(7-10)25-14-5-2-6-15(24-14)26-12-8-13(27-9-12)17(21,22)23/h1-9H. The lowest BCUT2D eigenvalue weighted by Gasteiger charge is -2.10. The van der Waals surface area contributed by atoms with E-state index < -0.39 is 22.8 Å². The lowest BCUT2D eigenvalue weighted by molar-refractivity contribution is -0.137. The van der Waals surface area contributed by atoms with E-state index in [0.29, 0.717) is 11.3 Å². The van der Waals surface area contributed by atoms with Gasteiger partial charge in [-0.05, 0) is 18.2 Å². The number of rotatable bonds is 4. The number of pyridine rings is 1. The average molecular weight is 405 g/mol. The Balaban J connectivity index is 1.75. The molecule has 0 aliphatic carbocycles. The molecule has 0 aliphatic rings. The fourth-order valence-corrected chi connectivity index (χ4v) is 2.69. The lowest BCUT2D eigenvalue weighted by atomic mass is 10.2. The van der Waals surface area contributed by atoms with Crippen molar-refractivity contribution in [2.75, 3.05) is 0 Å². The molecule has 0 saturated heterocycles. The van der Waals surface area contributed by atoms with Crippen LogP contribution in [0.25, 0.3) is 0 Å². The van der Waals surface area contributed by atoms with Gasteiger partial charge in [-0.3, -0.25) is 0 Å². The van der Waals surface area contributed by atoms with E-state index in [0.717, 1.165) is 18.2 Å². The highest BCUT2D eigenvalue weighted by Gasteiger charge is 2.33. The van der Waals surface area contributed by atoms with E-state index in [-0.39, 0.29) is 23.3 Å². The van der Waals surface area contributed by atoms with Crippen molar-refractivity contribution in [3.63, 3.8) is 0 Å². The number of thiophene rings is 1. The fourth-order valence-electron chi connectivity index (χ4n) is 2.01. The summed E-state index contributed by atoms with van der Waals surface area (Å²) in [6.07, 6.45) is -9.00. The molecule has 0 fully saturated rings. The molecule has 0 radical (unpaired) electrons. The molecule has 0 aliphatic heterocycles. The molecular weight excluding hydrogens is 396 g/mol. The van der Waals surface area contributed by atoms with Crippen molar-refractivity contribution in [2.45, 2.75) is 12.4 Å². The van der Waals surface area contributed by atoms with Gasteiger partial charge in [-0.15, -0.1) is 11.3 Å². The van der Waals surface area contributed by atoms with Crippen molar-refractivity contribution >= 4 is 11.3 Å². The van der Waals surface area contributed by atoms with Gasteiger partial charge in [-0.25, -0.2) is 0 Å². The second kappa shape index (κ2) is 7.10. The van der Waals surface area contributed by atoms with Crippen molar-refractivity contribution in [1.82, 2.24) is 4.98 Å². The maximum absolute atomic E-state index is 12.7. The topological polar surface area (TPSA) is 31.4 Å². The monoisotopic (exact) mass is 405 g/mol. The first kappa shape index (κ1) is 19.0. The second-order valence-corrected chi connectivity index (χ2v) is 6.10. The van der Waals surface area contributed by atoms with Crippen LogP contribution in [-0.4, -0.2) is 4.98 Å². The first-order chi connectivity index (χ1) is 12.6. The molecule has 0 bridgehead atoms. The zero-order valence-corrected chi connectivity index (χ0v) is 14.0. The van der Waals surface area contributed by atoms with Gasteiger partial charge in [0.15, 0.2) is 0 Å². The highest BCUT2D eigenvalue weighted by molar-refractivity contribution is 7.10. The number of alkyl halides is 6. The molecule has 0 saturated carbocycles. The summed E-state index contributed by atoms with van der Waals surface area (Å²) >= 11 is 0.471. The minimum atomic E-state index is -4.52. The number of halogens is 6. The molecule has 27 heavy (non-hydrogen) atoms. The molecule has 0 amide bonds. The van der Waals surface area contributed by atoms with Crippen molar-refractivity contribution in [2.24, 2.45) is 0 Å². The molecule has 0 spiro atoms. The number of benzene rings is 1. The van der Waals surface area contributed by atoms with Gasteiger partial charge in [0.25, 0.3) is 0 Å². The minimum Gasteiger partial charge on any atom is -0.439 e. The highest BCUT2D eigenvalue weighted by Crippen LogP contribution is 2.38. The summed E-state index contributed by atoms with van der Waals surface area (Å²) in [4.78, 5) is 3.10. The van der Waals surface area contributed by atoms with Gasteiger partial charge < -0.3 is 9.47 Å². The SMILES string of the molecule is FC(F)(F)c1cccc(Oc2cccc(Oc3csc(C(F)(F)F)c3)n2)c1. The molecule has 10 heteroatoms. The quantitative estimate of drug-likeness (QED) is 0.449. The molecule has 142 valence electrons. The lowest BCUT2D eigenvalue weighted by Crippen LogP contribution is -2.04. The second-order valence-electron chi connectivity index (χ2n) is 5.19. The summed E-state index contributed by atoms with van der Waals surface area (Å²) in [6.45, 7) is 0. The van der Waals surface area contributed by atoms with Crippen molar-refractivity contribution in [3.8, 4) is 23.3 Å². The van der Waals surface area contributed by atoms with Crippen molar-refractivity contribution < 1.29 is 35.8 Å². The molecular formula is C17H9F6NO2S. The van der Waals surface area contributed by atoms with Crippen LogP contribution in [0.15, 0.2) is 53.9 Å².